The lowest BCUT2D eigenvalue weighted by atomic mass is 10.1. The Bertz CT molecular complexity index is 547. The second-order valence-corrected chi connectivity index (χ2v) is 3.29. The van der Waals surface area contributed by atoms with Crippen LogP contribution in [0.4, 0.5) is 5.69 Å². The summed E-state index contributed by atoms with van der Waals surface area (Å²) in [4.78, 5) is 15.1. The van der Waals surface area contributed by atoms with Gasteiger partial charge in [-0.3, -0.25) is 9.78 Å². The van der Waals surface area contributed by atoms with E-state index in [9.17, 15) is 4.79 Å². The van der Waals surface area contributed by atoms with Crippen LogP contribution in [0.15, 0.2) is 29.3 Å². The third-order valence-electron chi connectivity index (χ3n) is 2.00. The quantitative estimate of drug-likeness (QED) is 0.713. The number of aromatic amines is 1. The smallest absolute Gasteiger partial charge is 0.287 e. The zero-order chi connectivity index (χ0) is 10.8. The van der Waals surface area contributed by atoms with Crippen molar-refractivity contribution in [3.63, 3.8) is 0 Å². The molecule has 5 heteroatoms. The Morgan fingerprint density at radius 3 is 2.80 bits per heavy atom. The van der Waals surface area contributed by atoms with E-state index in [1.165, 1.54) is 6.07 Å². The maximum atomic E-state index is 11.0. The molecule has 0 saturated carbocycles. The number of nitrogens with zero attached hydrogens (tertiary/aromatic N) is 2. The summed E-state index contributed by atoms with van der Waals surface area (Å²) in [5, 5.41) is 6.22. The lowest BCUT2D eigenvalue weighted by Crippen LogP contribution is -2.13. The van der Waals surface area contributed by atoms with E-state index >= 15 is 0 Å². The van der Waals surface area contributed by atoms with Gasteiger partial charge in [-0.05, 0) is 24.6 Å². The Labute approximate surface area is 86.0 Å². The minimum absolute atomic E-state index is 0.154. The first-order valence-electron chi connectivity index (χ1n) is 4.44. The van der Waals surface area contributed by atoms with Gasteiger partial charge in [0.25, 0.3) is 5.56 Å². The molecule has 2 aromatic rings. The number of anilines is 1. The minimum atomic E-state index is -0.376. The van der Waals surface area contributed by atoms with E-state index in [-0.39, 0.29) is 11.2 Å². The van der Waals surface area contributed by atoms with Crippen LogP contribution in [0.3, 0.4) is 0 Å². The van der Waals surface area contributed by atoms with Crippen molar-refractivity contribution in [2.24, 2.45) is 0 Å². The molecule has 15 heavy (non-hydrogen) atoms. The third kappa shape index (κ3) is 1.85. The summed E-state index contributed by atoms with van der Waals surface area (Å²) >= 11 is 0. The summed E-state index contributed by atoms with van der Waals surface area (Å²) in [5.74, 6) is 0. The number of hydrogen-bond acceptors (Lipinski definition) is 4. The van der Waals surface area contributed by atoms with Crippen molar-refractivity contribution in [3.8, 4) is 11.3 Å². The summed E-state index contributed by atoms with van der Waals surface area (Å²) in [6.45, 7) is 1.94. The van der Waals surface area contributed by atoms with Crippen molar-refractivity contribution < 1.29 is 0 Å². The van der Waals surface area contributed by atoms with Gasteiger partial charge in [-0.15, -0.1) is 0 Å². The molecule has 0 aliphatic heterocycles. The Morgan fingerprint density at radius 2 is 2.13 bits per heavy atom. The predicted molar refractivity (Wildman–Crippen MR) is 57.2 cm³/mol. The molecule has 0 bridgehead atoms. The van der Waals surface area contributed by atoms with Crippen molar-refractivity contribution >= 4 is 5.69 Å². The summed E-state index contributed by atoms with van der Waals surface area (Å²) in [7, 11) is 0. The van der Waals surface area contributed by atoms with Crippen molar-refractivity contribution in [2.45, 2.75) is 6.92 Å². The van der Waals surface area contributed by atoms with E-state index in [0.717, 1.165) is 11.1 Å². The fourth-order valence-electron chi connectivity index (χ4n) is 1.26. The molecule has 0 atom stereocenters. The molecule has 0 saturated heterocycles. The molecule has 5 nitrogen and oxygen atoms in total. The van der Waals surface area contributed by atoms with E-state index in [1.807, 2.05) is 13.0 Å². The standard InChI is InChI=1S/C10H10N4O/c1-6-2-7(5-12-4-6)9-3-8(11)10(15)14-13-9/h2-5H,1H3,(H2,11,13)(H,14,15). The molecule has 0 amide bonds. The molecule has 0 fully saturated rings. The molecule has 2 heterocycles. The highest BCUT2D eigenvalue weighted by molar-refractivity contribution is 5.61. The number of nitrogens with two attached hydrogens (primary N) is 1. The first-order chi connectivity index (χ1) is 7.16. The molecule has 2 aromatic heterocycles. The van der Waals surface area contributed by atoms with Crippen molar-refractivity contribution in [1.82, 2.24) is 15.2 Å². The molecular formula is C10H10N4O. The number of pyridine rings is 1. The van der Waals surface area contributed by atoms with Gasteiger partial charge in [0.2, 0.25) is 0 Å². The third-order valence-corrected chi connectivity index (χ3v) is 2.00. The lowest BCUT2D eigenvalue weighted by Gasteiger charge is -2.01. The molecular weight excluding hydrogens is 192 g/mol. The van der Waals surface area contributed by atoms with E-state index in [4.69, 9.17) is 5.73 Å². The van der Waals surface area contributed by atoms with Crippen LogP contribution < -0.4 is 11.3 Å². The van der Waals surface area contributed by atoms with Crippen LogP contribution >= 0.6 is 0 Å². The molecule has 3 N–H and O–H groups in total. The van der Waals surface area contributed by atoms with Gasteiger partial charge in [0.15, 0.2) is 0 Å². The Hall–Kier alpha value is -2.17. The van der Waals surface area contributed by atoms with Gasteiger partial charge in [-0.1, -0.05) is 0 Å². The van der Waals surface area contributed by atoms with Crippen molar-refractivity contribution in [2.75, 3.05) is 5.73 Å². The van der Waals surface area contributed by atoms with Crippen molar-refractivity contribution in [1.29, 1.82) is 0 Å². The highest BCUT2D eigenvalue weighted by atomic mass is 16.1. The largest absolute Gasteiger partial charge is 0.394 e. The number of nitrogen functional groups attached to an aromatic ring is 1. The van der Waals surface area contributed by atoms with Gasteiger partial charge in [0, 0.05) is 18.0 Å². The maximum Gasteiger partial charge on any atom is 0.287 e. The number of H-pyrrole nitrogens is 1. The summed E-state index contributed by atoms with van der Waals surface area (Å²) in [6.07, 6.45) is 3.42. The monoisotopic (exact) mass is 202 g/mol. The van der Waals surface area contributed by atoms with Gasteiger partial charge < -0.3 is 5.73 Å². The van der Waals surface area contributed by atoms with Crippen molar-refractivity contribution in [3.05, 3.63) is 40.4 Å². The average molecular weight is 202 g/mol. The average Bonchev–Trinajstić information content (AvgIpc) is 2.22. The van der Waals surface area contributed by atoms with Gasteiger partial charge in [0.05, 0.1) is 5.69 Å². The summed E-state index contributed by atoms with van der Waals surface area (Å²) < 4.78 is 0. The summed E-state index contributed by atoms with van der Waals surface area (Å²) in [5.41, 5.74) is 7.74. The highest BCUT2D eigenvalue weighted by Crippen LogP contribution is 2.16. The first-order valence-corrected chi connectivity index (χ1v) is 4.44. The number of aryl methyl sites for hydroxylation is 1. The van der Waals surface area contributed by atoms with E-state index in [2.05, 4.69) is 15.2 Å². The van der Waals surface area contributed by atoms with Crippen LogP contribution in [0, 0.1) is 6.92 Å². The van der Waals surface area contributed by atoms with Crippen LogP contribution in [0.25, 0.3) is 11.3 Å². The fourth-order valence-corrected chi connectivity index (χ4v) is 1.26. The normalized spacial score (nSPS) is 10.2. The fraction of sp³-hybridized carbons (Fsp3) is 0.100. The van der Waals surface area contributed by atoms with Crippen LogP contribution in [0.2, 0.25) is 0 Å². The Balaban J connectivity index is 2.55. The van der Waals surface area contributed by atoms with Crippen LogP contribution in [0.5, 0.6) is 0 Å². The van der Waals surface area contributed by atoms with Gasteiger partial charge in [-0.25, -0.2) is 5.10 Å². The van der Waals surface area contributed by atoms with Crippen LogP contribution in [-0.4, -0.2) is 15.2 Å². The number of hydrogen-bond donors (Lipinski definition) is 2. The molecule has 0 spiro atoms. The topological polar surface area (TPSA) is 84.7 Å². The van der Waals surface area contributed by atoms with Gasteiger partial charge in [-0.2, -0.15) is 5.10 Å². The van der Waals surface area contributed by atoms with Crippen LogP contribution in [0.1, 0.15) is 5.56 Å². The second kappa shape index (κ2) is 3.53. The summed E-state index contributed by atoms with van der Waals surface area (Å²) in [6, 6.07) is 3.46. The Morgan fingerprint density at radius 1 is 1.33 bits per heavy atom. The number of rotatable bonds is 1. The van der Waals surface area contributed by atoms with Crippen LogP contribution in [-0.2, 0) is 0 Å². The number of nitrogens with one attached hydrogen (secondary N) is 1. The molecule has 0 radical (unpaired) electrons. The zero-order valence-electron chi connectivity index (χ0n) is 8.19. The molecule has 0 aliphatic carbocycles. The van der Waals surface area contributed by atoms with Gasteiger partial charge in [0.1, 0.15) is 5.69 Å². The molecule has 0 aromatic carbocycles. The Kier molecular flexibility index (Phi) is 2.21. The molecule has 0 unspecified atom stereocenters. The molecule has 2 rings (SSSR count). The van der Waals surface area contributed by atoms with E-state index < -0.39 is 0 Å². The van der Waals surface area contributed by atoms with E-state index in [1.54, 1.807) is 12.4 Å². The van der Waals surface area contributed by atoms with E-state index in [0.29, 0.717) is 5.69 Å². The molecule has 0 aliphatic rings. The zero-order valence-corrected chi connectivity index (χ0v) is 8.19. The first kappa shape index (κ1) is 9.39. The minimum Gasteiger partial charge on any atom is -0.394 e. The SMILES string of the molecule is Cc1cncc(-c2cc(N)c(=O)[nH]n2)c1. The maximum absolute atomic E-state index is 11.0. The van der Waals surface area contributed by atoms with Gasteiger partial charge >= 0.3 is 0 Å². The highest BCUT2D eigenvalue weighted by Gasteiger charge is 2.02. The predicted octanol–water partition coefficient (Wildman–Crippen LogP) is 0.723. The molecule has 76 valence electrons. The number of aromatic nitrogens is 3. The second-order valence-electron chi connectivity index (χ2n) is 3.29. The lowest BCUT2D eigenvalue weighted by molar-refractivity contribution is 0.998.